The second-order valence-corrected chi connectivity index (χ2v) is 8.23. The molecule has 164 valence electrons. The van der Waals surface area contributed by atoms with Crippen LogP contribution in [0.15, 0.2) is 83.3 Å². The number of amides is 3. The number of hydrogen-bond acceptors (Lipinski definition) is 3. The molecule has 0 saturated carbocycles. The minimum absolute atomic E-state index is 0.114. The third kappa shape index (κ3) is 6.04. The summed E-state index contributed by atoms with van der Waals surface area (Å²) in [6.45, 7) is 1.78. The van der Waals surface area contributed by atoms with Crippen LogP contribution in [0.25, 0.3) is 0 Å². The molecule has 32 heavy (non-hydrogen) atoms. The van der Waals surface area contributed by atoms with Crippen LogP contribution in [0.1, 0.15) is 39.2 Å². The lowest BCUT2D eigenvalue weighted by molar-refractivity contribution is -0.130. The highest BCUT2D eigenvalue weighted by molar-refractivity contribution is 9.10. The Morgan fingerprint density at radius 2 is 1.56 bits per heavy atom. The molecule has 0 fully saturated rings. The summed E-state index contributed by atoms with van der Waals surface area (Å²) in [6.07, 6.45) is 0. The van der Waals surface area contributed by atoms with Gasteiger partial charge in [0.15, 0.2) is 0 Å². The van der Waals surface area contributed by atoms with Crippen LogP contribution in [-0.4, -0.2) is 36.2 Å². The monoisotopic (exact) mass is 493 g/mol. The van der Waals surface area contributed by atoms with Crippen LogP contribution >= 0.6 is 15.9 Å². The summed E-state index contributed by atoms with van der Waals surface area (Å²) in [5, 5.41) is 5.54. The number of hydrogen-bond donors (Lipinski definition) is 2. The van der Waals surface area contributed by atoms with Gasteiger partial charge in [-0.1, -0.05) is 52.3 Å². The Morgan fingerprint density at radius 1 is 0.875 bits per heavy atom. The quantitative estimate of drug-likeness (QED) is 0.502. The Labute approximate surface area is 195 Å². The van der Waals surface area contributed by atoms with Crippen molar-refractivity contribution in [3.63, 3.8) is 0 Å². The third-order valence-corrected chi connectivity index (χ3v) is 5.62. The summed E-state index contributed by atoms with van der Waals surface area (Å²) in [5.41, 5.74) is 2.56. The van der Waals surface area contributed by atoms with Crippen LogP contribution in [0.4, 0.5) is 5.69 Å². The second kappa shape index (κ2) is 10.7. The van der Waals surface area contributed by atoms with Gasteiger partial charge in [-0.15, -0.1) is 0 Å². The van der Waals surface area contributed by atoms with E-state index in [1.54, 1.807) is 48.3 Å². The molecule has 2 N–H and O–H groups in total. The van der Waals surface area contributed by atoms with E-state index in [9.17, 15) is 14.4 Å². The van der Waals surface area contributed by atoms with Crippen molar-refractivity contribution in [1.82, 2.24) is 10.2 Å². The Balaban J connectivity index is 1.60. The first kappa shape index (κ1) is 23.2. The zero-order valence-corrected chi connectivity index (χ0v) is 19.4. The Hall–Kier alpha value is -3.45. The molecule has 3 aromatic carbocycles. The fourth-order valence-corrected chi connectivity index (χ4v) is 3.52. The minimum Gasteiger partial charge on any atom is -0.343 e. The Bertz CT molecular complexity index is 1120. The molecule has 1 atom stereocenters. The van der Waals surface area contributed by atoms with Crippen molar-refractivity contribution in [2.45, 2.75) is 13.0 Å². The molecule has 0 heterocycles. The number of rotatable bonds is 7. The number of benzene rings is 3. The number of halogens is 1. The number of nitrogens with zero attached hydrogens (tertiary/aromatic N) is 1. The molecule has 0 aromatic heterocycles. The molecule has 3 amide bonds. The summed E-state index contributed by atoms with van der Waals surface area (Å²) in [4.78, 5) is 38.9. The molecule has 3 rings (SSSR count). The molecular formula is C25H24BrN3O3. The molecule has 0 bridgehead atoms. The minimum atomic E-state index is -0.314. The van der Waals surface area contributed by atoms with Crippen LogP contribution in [0.2, 0.25) is 0 Å². The van der Waals surface area contributed by atoms with E-state index in [0.29, 0.717) is 16.8 Å². The molecule has 0 aliphatic heterocycles. The SMILES string of the molecule is CC(c1cccc(NC(=O)c2ccccc2)c1)N(C)C(=O)CNC(=O)c1cccc(Br)c1. The van der Waals surface area contributed by atoms with Crippen molar-refractivity contribution in [2.75, 3.05) is 18.9 Å². The van der Waals surface area contributed by atoms with Crippen molar-refractivity contribution in [1.29, 1.82) is 0 Å². The van der Waals surface area contributed by atoms with Gasteiger partial charge >= 0.3 is 0 Å². The molecule has 3 aromatic rings. The lowest BCUT2D eigenvalue weighted by Gasteiger charge is -2.26. The van der Waals surface area contributed by atoms with Crippen LogP contribution < -0.4 is 10.6 Å². The number of carbonyl (C=O) groups excluding carboxylic acids is 3. The predicted molar refractivity (Wildman–Crippen MR) is 128 cm³/mol. The van der Waals surface area contributed by atoms with E-state index in [1.165, 1.54) is 0 Å². The maximum absolute atomic E-state index is 12.6. The molecule has 1 unspecified atom stereocenters. The van der Waals surface area contributed by atoms with Crippen molar-refractivity contribution < 1.29 is 14.4 Å². The fourth-order valence-electron chi connectivity index (χ4n) is 3.12. The fraction of sp³-hybridized carbons (Fsp3) is 0.160. The lowest BCUT2D eigenvalue weighted by Crippen LogP contribution is -2.39. The standard InChI is InChI=1S/C25H24BrN3O3/c1-17(29(2)23(30)16-27-24(31)20-11-6-12-21(26)14-20)19-10-7-13-22(15-19)28-25(32)18-8-4-3-5-9-18/h3-15,17H,16H2,1-2H3,(H,27,31)(H,28,32). The first-order valence-corrected chi connectivity index (χ1v) is 10.9. The van der Waals surface area contributed by atoms with Gasteiger partial charge in [0.25, 0.3) is 11.8 Å². The predicted octanol–water partition coefficient (Wildman–Crippen LogP) is 4.65. The van der Waals surface area contributed by atoms with Crippen LogP contribution in [-0.2, 0) is 4.79 Å². The topological polar surface area (TPSA) is 78.5 Å². The summed E-state index contributed by atoms with van der Waals surface area (Å²) in [6, 6.07) is 23.1. The molecule has 7 heteroatoms. The van der Waals surface area contributed by atoms with Crippen LogP contribution in [0.3, 0.4) is 0 Å². The molecule has 0 aliphatic carbocycles. The molecular weight excluding hydrogens is 470 g/mol. The average Bonchev–Trinajstić information content (AvgIpc) is 2.82. The van der Waals surface area contributed by atoms with E-state index in [0.717, 1.165) is 10.0 Å². The normalized spacial score (nSPS) is 11.3. The van der Waals surface area contributed by atoms with Gasteiger partial charge in [-0.3, -0.25) is 14.4 Å². The number of likely N-dealkylation sites (N-methyl/N-ethyl adjacent to an activating group) is 1. The van der Waals surface area contributed by atoms with Crippen LogP contribution in [0, 0.1) is 0 Å². The van der Waals surface area contributed by atoms with E-state index >= 15 is 0 Å². The van der Waals surface area contributed by atoms with E-state index in [2.05, 4.69) is 26.6 Å². The van der Waals surface area contributed by atoms with Crippen molar-refractivity contribution in [3.8, 4) is 0 Å². The first-order chi connectivity index (χ1) is 15.3. The molecule has 6 nitrogen and oxygen atoms in total. The summed E-state index contributed by atoms with van der Waals surface area (Å²) in [7, 11) is 1.69. The van der Waals surface area contributed by atoms with E-state index < -0.39 is 0 Å². The first-order valence-electron chi connectivity index (χ1n) is 10.1. The van der Waals surface area contributed by atoms with E-state index in [-0.39, 0.29) is 30.3 Å². The van der Waals surface area contributed by atoms with Gasteiger partial charge in [-0.25, -0.2) is 0 Å². The van der Waals surface area contributed by atoms with Crippen molar-refractivity contribution in [3.05, 3.63) is 100 Å². The van der Waals surface area contributed by atoms with E-state index in [1.807, 2.05) is 49.4 Å². The molecule has 0 spiro atoms. The maximum Gasteiger partial charge on any atom is 0.255 e. The highest BCUT2D eigenvalue weighted by Gasteiger charge is 2.19. The highest BCUT2D eigenvalue weighted by atomic mass is 79.9. The third-order valence-electron chi connectivity index (χ3n) is 5.12. The number of carbonyl (C=O) groups is 3. The Kier molecular flexibility index (Phi) is 7.78. The molecule has 0 aliphatic rings. The van der Waals surface area contributed by atoms with Gasteiger partial charge in [0, 0.05) is 28.3 Å². The summed E-state index contributed by atoms with van der Waals surface area (Å²) in [5.74, 6) is -0.735. The van der Waals surface area contributed by atoms with Gasteiger partial charge in [-0.2, -0.15) is 0 Å². The average molecular weight is 494 g/mol. The maximum atomic E-state index is 12.6. The van der Waals surface area contributed by atoms with Gasteiger partial charge < -0.3 is 15.5 Å². The zero-order chi connectivity index (χ0) is 23.1. The van der Waals surface area contributed by atoms with Gasteiger partial charge in [-0.05, 0) is 55.0 Å². The van der Waals surface area contributed by atoms with Gasteiger partial charge in [0.05, 0.1) is 12.6 Å². The van der Waals surface area contributed by atoms with Crippen molar-refractivity contribution in [2.24, 2.45) is 0 Å². The van der Waals surface area contributed by atoms with E-state index in [4.69, 9.17) is 0 Å². The summed E-state index contributed by atoms with van der Waals surface area (Å²) < 4.78 is 0.793. The van der Waals surface area contributed by atoms with Crippen LogP contribution in [0.5, 0.6) is 0 Å². The second-order valence-electron chi connectivity index (χ2n) is 7.32. The van der Waals surface area contributed by atoms with Gasteiger partial charge in [0.1, 0.15) is 0 Å². The zero-order valence-electron chi connectivity index (χ0n) is 17.8. The number of anilines is 1. The highest BCUT2D eigenvalue weighted by Crippen LogP contribution is 2.22. The van der Waals surface area contributed by atoms with Gasteiger partial charge in [0.2, 0.25) is 5.91 Å². The Morgan fingerprint density at radius 3 is 2.28 bits per heavy atom. The summed E-state index contributed by atoms with van der Waals surface area (Å²) >= 11 is 3.33. The molecule has 0 saturated heterocycles. The number of nitrogens with one attached hydrogen (secondary N) is 2. The largest absolute Gasteiger partial charge is 0.343 e. The smallest absolute Gasteiger partial charge is 0.255 e. The molecule has 0 radical (unpaired) electrons. The van der Waals surface area contributed by atoms with Crippen molar-refractivity contribution >= 4 is 39.3 Å². The lowest BCUT2D eigenvalue weighted by atomic mass is 10.1.